The molecule has 1 spiro atoms. The van der Waals surface area contributed by atoms with Crippen LogP contribution in [0, 0.1) is 0 Å². The van der Waals surface area contributed by atoms with Gasteiger partial charge in [-0.15, -0.1) is 0 Å². The number of nitrogens with one attached hydrogen (secondary N) is 1. The van der Waals surface area contributed by atoms with Crippen molar-refractivity contribution in [2.45, 2.75) is 30.7 Å². The highest BCUT2D eigenvalue weighted by Crippen LogP contribution is 2.63. The molecule has 3 nitrogen and oxygen atoms in total. The summed E-state index contributed by atoms with van der Waals surface area (Å²) in [6.07, 6.45) is 5.56. The molecule has 10 rings (SSSR count). The number of hydrogen-bond acceptors (Lipinski definition) is 3. The van der Waals surface area contributed by atoms with E-state index in [-0.39, 0.29) is 11.5 Å². The maximum atomic E-state index is 6.75. The van der Waals surface area contributed by atoms with E-state index in [0.717, 1.165) is 30.6 Å². The van der Waals surface area contributed by atoms with Crippen molar-refractivity contribution in [3.05, 3.63) is 177 Å². The molecule has 0 aromatic heterocycles. The average Bonchev–Trinajstić information content (AvgIpc) is 3.59. The molecule has 0 saturated carbocycles. The van der Waals surface area contributed by atoms with Crippen LogP contribution in [0.2, 0.25) is 0 Å². The fourth-order valence-electron chi connectivity index (χ4n) is 9.50. The Morgan fingerprint density at radius 3 is 2.02 bits per heavy atom. The number of fused-ring (bicyclic) bond motifs is 13. The molecule has 232 valence electrons. The molecule has 3 N–H and O–H groups in total. The quantitative estimate of drug-likeness (QED) is 0.194. The first-order valence-electron chi connectivity index (χ1n) is 17.2. The minimum absolute atomic E-state index is 0.0290. The number of hydrogen-bond donors (Lipinski definition) is 2. The largest absolute Gasteiger partial charge is 0.398 e. The van der Waals surface area contributed by atoms with Crippen LogP contribution < -0.4 is 16.0 Å². The van der Waals surface area contributed by atoms with Gasteiger partial charge in [0.1, 0.15) is 0 Å². The van der Waals surface area contributed by atoms with Gasteiger partial charge >= 0.3 is 0 Å². The van der Waals surface area contributed by atoms with Crippen LogP contribution in [0.4, 0.5) is 17.1 Å². The maximum absolute atomic E-state index is 6.75. The molecule has 3 heteroatoms. The number of likely N-dealkylation sites (N-methyl/N-ethyl adjacent to an activating group) is 1. The van der Waals surface area contributed by atoms with Crippen molar-refractivity contribution in [2.24, 2.45) is 0 Å². The van der Waals surface area contributed by atoms with Crippen LogP contribution in [0.1, 0.15) is 57.0 Å². The van der Waals surface area contributed by atoms with Gasteiger partial charge in [-0.2, -0.15) is 0 Å². The van der Waals surface area contributed by atoms with Crippen LogP contribution in [0.5, 0.6) is 0 Å². The van der Waals surface area contributed by atoms with E-state index in [9.17, 15) is 0 Å². The third-order valence-electron chi connectivity index (χ3n) is 11.4. The molecule has 1 unspecified atom stereocenters. The summed E-state index contributed by atoms with van der Waals surface area (Å²) in [6.45, 7) is 1.01. The molecule has 0 saturated heterocycles. The third-order valence-corrected chi connectivity index (χ3v) is 11.4. The van der Waals surface area contributed by atoms with Crippen LogP contribution >= 0.6 is 0 Å². The number of anilines is 3. The Labute approximate surface area is 282 Å². The number of nitrogens with zero attached hydrogens (tertiary/aromatic N) is 1. The summed E-state index contributed by atoms with van der Waals surface area (Å²) in [6, 6.07) is 47.5. The summed E-state index contributed by atoms with van der Waals surface area (Å²) in [4.78, 5) is 2.47. The normalized spacial score (nSPS) is 17.4. The van der Waals surface area contributed by atoms with Gasteiger partial charge in [-0.25, -0.2) is 0 Å². The Kier molecular flexibility index (Phi) is 5.87. The number of benzene rings is 6. The van der Waals surface area contributed by atoms with Crippen LogP contribution in [0.3, 0.4) is 0 Å². The van der Waals surface area contributed by atoms with Crippen molar-refractivity contribution in [2.75, 3.05) is 29.5 Å². The second kappa shape index (κ2) is 10.2. The lowest BCUT2D eigenvalue weighted by molar-refractivity contribution is 0.735. The van der Waals surface area contributed by atoms with Crippen molar-refractivity contribution in [3.8, 4) is 22.3 Å². The summed E-state index contributed by atoms with van der Waals surface area (Å²) >= 11 is 0. The monoisotopic (exact) mass is 619 g/mol. The first-order chi connectivity index (χ1) is 23.6. The highest BCUT2D eigenvalue weighted by Gasteiger charge is 2.51. The predicted molar refractivity (Wildman–Crippen MR) is 200 cm³/mol. The zero-order chi connectivity index (χ0) is 32.0. The molecule has 0 amide bonds. The number of nitrogens with two attached hydrogens (primary N) is 1. The van der Waals surface area contributed by atoms with Crippen molar-refractivity contribution >= 4 is 23.1 Å². The van der Waals surface area contributed by atoms with E-state index in [4.69, 9.17) is 5.73 Å². The molecule has 0 radical (unpaired) electrons. The summed E-state index contributed by atoms with van der Waals surface area (Å²) in [5, 5.41) is 3.75. The fourth-order valence-corrected chi connectivity index (χ4v) is 9.50. The summed E-state index contributed by atoms with van der Waals surface area (Å²) in [5.74, 6) is 0. The highest BCUT2D eigenvalue weighted by molar-refractivity contribution is 5.95. The Hall–Kier alpha value is -5.54. The van der Waals surface area contributed by atoms with Crippen LogP contribution in [-0.2, 0) is 18.3 Å². The molecular formula is C45H37N3. The molecular weight excluding hydrogens is 583 g/mol. The lowest BCUT2D eigenvalue weighted by Crippen LogP contribution is -2.32. The molecule has 6 aromatic carbocycles. The van der Waals surface area contributed by atoms with Crippen LogP contribution in [0.25, 0.3) is 28.3 Å². The number of para-hydroxylation sites is 1. The highest BCUT2D eigenvalue weighted by atomic mass is 15.2. The van der Waals surface area contributed by atoms with E-state index in [1.54, 1.807) is 0 Å². The number of aryl methyl sites for hydroxylation is 1. The Morgan fingerprint density at radius 1 is 0.708 bits per heavy atom. The van der Waals surface area contributed by atoms with E-state index in [1.165, 1.54) is 84.6 Å². The minimum Gasteiger partial charge on any atom is -0.398 e. The Bertz CT molecular complexity index is 2260. The maximum Gasteiger partial charge on any atom is 0.0780 e. The van der Waals surface area contributed by atoms with Crippen molar-refractivity contribution in [1.82, 2.24) is 0 Å². The smallest absolute Gasteiger partial charge is 0.0780 e. The molecule has 48 heavy (non-hydrogen) atoms. The van der Waals surface area contributed by atoms with Gasteiger partial charge in [0.15, 0.2) is 0 Å². The number of rotatable bonds is 3. The van der Waals surface area contributed by atoms with Gasteiger partial charge < -0.3 is 16.0 Å². The van der Waals surface area contributed by atoms with Gasteiger partial charge in [0.25, 0.3) is 0 Å². The van der Waals surface area contributed by atoms with Gasteiger partial charge in [0, 0.05) is 30.4 Å². The summed E-state index contributed by atoms with van der Waals surface area (Å²) in [5.41, 5.74) is 27.2. The van der Waals surface area contributed by atoms with E-state index >= 15 is 0 Å². The van der Waals surface area contributed by atoms with Crippen LogP contribution in [0.15, 0.2) is 133 Å². The molecule has 1 atom stereocenters. The lowest BCUT2D eigenvalue weighted by atomic mass is 9.70. The lowest BCUT2D eigenvalue weighted by Gasteiger charge is -2.40. The molecule has 0 fully saturated rings. The first-order valence-corrected chi connectivity index (χ1v) is 17.2. The van der Waals surface area contributed by atoms with Crippen molar-refractivity contribution in [1.29, 1.82) is 0 Å². The van der Waals surface area contributed by atoms with Gasteiger partial charge in [-0.05, 0) is 86.5 Å². The first kappa shape index (κ1) is 27.6. The van der Waals surface area contributed by atoms with Crippen molar-refractivity contribution in [3.63, 3.8) is 0 Å². The van der Waals surface area contributed by atoms with Crippen molar-refractivity contribution < 1.29 is 0 Å². The third kappa shape index (κ3) is 3.65. The van der Waals surface area contributed by atoms with E-state index in [2.05, 4.69) is 139 Å². The molecule has 2 aliphatic heterocycles. The van der Waals surface area contributed by atoms with Gasteiger partial charge in [0.2, 0.25) is 0 Å². The second-order valence-electron chi connectivity index (χ2n) is 13.9. The standard InChI is InChI=1S/C45H37N3/c1-48-43(36-15-5-9-19-41(36)46)31(27-30-22-21-29-11-10-24-47-42(29)44(30)48)25-28-20-23-35-34-14-4-8-18-39(34)45(40(35)26-28)37-16-6-2-12-32(37)33-13-3-7-17-38(33)45/h2-9,12-23,26-27,43,47H,10-11,24-25,46H2,1H3. The van der Waals surface area contributed by atoms with E-state index in [1.807, 2.05) is 12.1 Å². The second-order valence-corrected chi connectivity index (χ2v) is 13.9. The minimum atomic E-state index is -0.340. The zero-order valence-corrected chi connectivity index (χ0v) is 27.1. The van der Waals surface area contributed by atoms with E-state index < -0.39 is 0 Å². The SMILES string of the molecule is CN1c2c(ccc3c2NCCC3)C=C(Cc2ccc3c(c2)C2(c4ccccc4-c4ccccc42)c2ccccc2-3)C1c1ccccc1N. The molecule has 4 aliphatic rings. The fraction of sp³-hybridized carbons (Fsp3) is 0.156. The van der Waals surface area contributed by atoms with Gasteiger partial charge in [0.05, 0.1) is 22.8 Å². The topological polar surface area (TPSA) is 41.3 Å². The molecule has 0 bridgehead atoms. The van der Waals surface area contributed by atoms with Gasteiger partial charge in [-0.1, -0.05) is 127 Å². The van der Waals surface area contributed by atoms with Gasteiger partial charge in [-0.3, -0.25) is 0 Å². The Balaban J connectivity index is 1.17. The van der Waals surface area contributed by atoms with E-state index in [0.29, 0.717) is 0 Å². The molecule has 2 heterocycles. The zero-order valence-electron chi connectivity index (χ0n) is 27.1. The molecule has 6 aromatic rings. The predicted octanol–water partition coefficient (Wildman–Crippen LogP) is 9.79. The average molecular weight is 620 g/mol. The Morgan fingerprint density at radius 2 is 1.33 bits per heavy atom. The number of nitrogen functional groups attached to an aromatic ring is 1. The summed E-state index contributed by atoms with van der Waals surface area (Å²) in [7, 11) is 2.25. The van der Waals surface area contributed by atoms with Crippen LogP contribution in [-0.4, -0.2) is 13.6 Å². The summed E-state index contributed by atoms with van der Waals surface area (Å²) < 4.78 is 0. The molecule has 2 aliphatic carbocycles.